The third-order valence-corrected chi connectivity index (χ3v) is 5.80. The predicted molar refractivity (Wildman–Crippen MR) is 83.6 cm³/mol. The van der Waals surface area contributed by atoms with Gasteiger partial charge in [-0.25, -0.2) is 0 Å². The van der Waals surface area contributed by atoms with E-state index in [4.69, 9.17) is 16.3 Å². The molecule has 2 aliphatic rings. The molecule has 0 saturated heterocycles. The van der Waals surface area contributed by atoms with E-state index in [1.54, 1.807) is 0 Å². The van der Waals surface area contributed by atoms with Crippen molar-refractivity contribution in [3.63, 3.8) is 0 Å². The zero-order chi connectivity index (χ0) is 13.2. The second-order valence-electron chi connectivity index (χ2n) is 5.77. The van der Waals surface area contributed by atoms with E-state index in [-0.39, 0.29) is 0 Å². The maximum atomic E-state index is 6.25. The van der Waals surface area contributed by atoms with Gasteiger partial charge in [-0.1, -0.05) is 46.8 Å². The number of rotatable bonds is 2. The number of ether oxygens (including phenoxy) is 1. The van der Waals surface area contributed by atoms with Crippen LogP contribution >= 0.6 is 27.5 Å². The summed E-state index contributed by atoms with van der Waals surface area (Å²) < 4.78 is 5.82. The summed E-state index contributed by atoms with van der Waals surface area (Å²) in [6, 6.07) is 4.17. The molecule has 1 aliphatic heterocycles. The van der Waals surface area contributed by atoms with Crippen LogP contribution < -0.4 is 4.74 Å². The van der Waals surface area contributed by atoms with Crippen molar-refractivity contribution in [2.45, 2.75) is 49.8 Å². The van der Waals surface area contributed by atoms with Crippen LogP contribution in [0, 0.1) is 5.92 Å². The van der Waals surface area contributed by atoms with E-state index in [1.807, 2.05) is 0 Å². The van der Waals surface area contributed by atoms with Gasteiger partial charge in [0.15, 0.2) is 0 Å². The molecular formula is C16H20BrClO. The summed E-state index contributed by atoms with van der Waals surface area (Å²) in [6.07, 6.45) is 8.81. The monoisotopic (exact) mass is 342 g/mol. The third-order valence-electron chi connectivity index (χ3n) is 4.37. The van der Waals surface area contributed by atoms with Crippen LogP contribution in [0.25, 0.3) is 0 Å². The average Bonchev–Trinajstić information content (AvgIpc) is 2.75. The van der Waals surface area contributed by atoms with Crippen LogP contribution in [0.4, 0.5) is 0 Å². The number of hydrogen-bond donors (Lipinski definition) is 0. The van der Waals surface area contributed by atoms with Crippen LogP contribution in [-0.4, -0.2) is 11.4 Å². The van der Waals surface area contributed by atoms with Crippen molar-refractivity contribution in [1.82, 2.24) is 0 Å². The highest BCUT2D eigenvalue weighted by molar-refractivity contribution is 9.09. The van der Waals surface area contributed by atoms with E-state index in [0.717, 1.165) is 30.2 Å². The lowest BCUT2D eigenvalue weighted by Crippen LogP contribution is -2.16. The van der Waals surface area contributed by atoms with Crippen molar-refractivity contribution >= 4 is 27.5 Å². The smallest absolute Gasteiger partial charge is 0.125 e. The summed E-state index contributed by atoms with van der Waals surface area (Å²) in [6.45, 7) is 0.811. The zero-order valence-electron chi connectivity index (χ0n) is 11.1. The SMILES string of the molecule is Clc1cc2c(c(CC3CCCCCC3Br)c1)OCC2. The van der Waals surface area contributed by atoms with E-state index in [9.17, 15) is 0 Å². The molecule has 0 spiro atoms. The Bertz CT molecular complexity index is 460. The van der Waals surface area contributed by atoms with Crippen molar-refractivity contribution < 1.29 is 4.74 Å². The Labute approximate surface area is 128 Å². The van der Waals surface area contributed by atoms with E-state index >= 15 is 0 Å². The fourth-order valence-electron chi connectivity index (χ4n) is 3.35. The predicted octanol–water partition coefficient (Wildman–Crippen LogP) is 5.16. The lowest BCUT2D eigenvalue weighted by Gasteiger charge is -2.21. The van der Waals surface area contributed by atoms with Gasteiger partial charge in [-0.05, 0) is 48.4 Å². The van der Waals surface area contributed by atoms with Gasteiger partial charge in [0.2, 0.25) is 0 Å². The molecule has 3 heteroatoms. The summed E-state index contributed by atoms with van der Waals surface area (Å²) in [5.41, 5.74) is 2.61. The maximum Gasteiger partial charge on any atom is 0.125 e. The molecule has 0 aromatic heterocycles. The number of benzene rings is 1. The molecule has 1 fully saturated rings. The Hall–Kier alpha value is -0.210. The second-order valence-corrected chi connectivity index (χ2v) is 7.38. The Kier molecular flexibility index (Phi) is 4.38. The van der Waals surface area contributed by atoms with Crippen molar-refractivity contribution in [3.05, 3.63) is 28.3 Å². The van der Waals surface area contributed by atoms with Crippen LogP contribution in [0.15, 0.2) is 12.1 Å². The molecule has 3 rings (SSSR count). The first-order chi connectivity index (χ1) is 9.24. The lowest BCUT2D eigenvalue weighted by molar-refractivity contribution is 0.349. The van der Waals surface area contributed by atoms with Crippen LogP contribution in [0.3, 0.4) is 0 Å². The van der Waals surface area contributed by atoms with Crippen molar-refractivity contribution in [3.8, 4) is 5.75 Å². The van der Waals surface area contributed by atoms with Gasteiger partial charge in [0.1, 0.15) is 5.75 Å². The standard InChI is InChI=1S/C16H20BrClO/c17-15-5-3-1-2-4-11(15)8-13-10-14(18)9-12-6-7-19-16(12)13/h9-11,15H,1-8H2. The Morgan fingerprint density at radius 3 is 2.95 bits per heavy atom. The first-order valence-corrected chi connectivity index (χ1v) is 8.61. The van der Waals surface area contributed by atoms with Gasteiger partial charge in [0.05, 0.1) is 6.61 Å². The molecule has 1 aromatic rings. The minimum atomic E-state index is 0.644. The summed E-state index contributed by atoms with van der Waals surface area (Å²) in [5, 5.41) is 0.860. The lowest BCUT2D eigenvalue weighted by atomic mass is 9.91. The molecule has 0 bridgehead atoms. The normalized spacial score (nSPS) is 26.6. The van der Waals surface area contributed by atoms with Gasteiger partial charge in [-0.3, -0.25) is 0 Å². The molecule has 0 amide bonds. The Morgan fingerprint density at radius 1 is 1.21 bits per heavy atom. The highest BCUT2D eigenvalue weighted by Crippen LogP contribution is 2.38. The van der Waals surface area contributed by atoms with Crippen molar-refractivity contribution in [2.75, 3.05) is 6.61 Å². The minimum Gasteiger partial charge on any atom is -0.493 e. The number of alkyl halides is 1. The van der Waals surface area contributed by atoms with Crippen molar-refractivity contribution in [2.24, 2.45) is 5.92 Å². The molecule has 1 aromatic carbocycles. The molecule has 0 radical (unpaired) electrons. The summed E-state index contributed by atoms with van der Waals surface area (Å²) in [4.78, 5) is 0.644. The van der Waals surface area contributed by atoms with E-state index in [0.29, 0.717) is 10.7 Å². The van der Waals surface area contributed by atoms with Gasteiger partial charge >= 0.3 is 0 Å². The van der Waals surface area contributed by atoms with E-state index in [2.05, 4.69) is 28.1 Å². The molecule has 1 nitrogen and oxygen atoms in total. The van der Waals surface area contributed by atoms with Crippen LogP contribution in [0.1, 0.15) is 43.2 Å². The summed E-state index contributed by atoms with van der Waals surface area (Å²) in [7, 11) is 0. The molecule has 19 heavy (non-hydrogen) atoms. The quantitative estimate of drug-likeness (QED) is 0.532. The topological polar surface area (TPSA) is 9.23 Å². The molecule has 1 saturated carbocycles. The zero-order valence-corrected chi connectivity index (χ0v) is 13.5. The van der Waals surface area contributed by atoms with Crippen LogP contribution in [0.2, 0.25) is 5.02 Å². The van der Waals surface area contributed by atoms with E-state index < -0.39 is 0 Å². The second kappa shape index (κ2) is 6.05. The molecule has 104 valence electrons. The van der Waals surface area contributed by atoms with Crippen LogP contribution in [0.5, 0.6) is 5.75 Å². The molecule has 0 N–H and O–H groups in total. The third kappa shape index (κ3) is 3.11. The first kappa shape index (κ1) is 13.8. The van der Waals surface area contributed by atoms with Gasteiger partial charge < -0.3 is 4.74 Å². The number of fused-ring (bicyclic) bond motifs is 1. The van der Waals surface area contributed by atoms with Crippen molar-refractivity contribution in [1.29, 1.82) is 0 Å². The summed E-state index contributed by atoms with van der Waals surface area (Å²) in [5.74, 6) is 1.84. The Balaban J connectivity index is 1.82. The fourth-order valence-corrected chi connectivity index (χ4v) is 4.39. The molecule has 1 aliphatic carbocycles. The van der Waals surface area contributed by atoms with Gasteiger partial charge in [0.25, 0.3) is 0 Å². The number of hydrogen-bond acceptors (Lipinski definition) is 1. The first-order valence-electron chi connectivity index (χ1n) is 7.32. The highest BCUT2D eigenvalue weighted by Gasteiger charge is 2.25. The van der Waals surface area contributed by atoms with Gasteiger partial charge in [-0.15, -0.1) is 0 Å². The molecule has 1 heterocycles. The molecule has 2 unspecified atom stereocenters. The molecule has 2 atom stereocenters. The number of halogens is 2. The minimum absolute atomic E-state index is 0.644. The van der Waals surface area contributed by atoms with Crippen LogP contribution in [-0.2, 0) is 12.8 Å². The van der Waals surface area contributed by atoms with Gasteiger partial charge in [-0.2, -0.15) is 0 Å². The average molecular weight is 344 g/mol. The maximum absolute atomic E-state index is 6.25. The summed E-state index contributed by atoms with van der Waals surface area (Å²) >= 11 is 10.1. The van der Waals surface area contributed by atoms with E-state index in [1.165, 1.54) is 43.2 Å². The fraction of sp³-hybridized carbons (Fsp3) is 0.625. The highest BCUT2D eigenvalue weighted by atomic mass is 79.9. The molecular weight excluding hydrogens is 324 g/mol. The Morgan fingerprint density at radius 2 is 2.05 bits per heavy atom. The largest absolute Gasteiger partial charge is 0.493 e. The van der Waals surface area contributed by atoms with Gasteiger partial charge in [0, 0.05) is 16.3 Å².